The topological polar surface area (TPSA) is 23.8 Å². The quantitative estimate of drug-likeness (QED) is 0.304. The second-order valence-electron chi connectivity index (χ2n) is 0. The van der Waals surface area contributed by atoms with Gasteiger partial charge in [0.05, 0.1) is 0 Å². The first-order valence-corrected chi connectivity index (χ1v) is 1.10. The second-order valence-corrected chi connectivity index (χ2v) is 0. The van der Waals surface area contributed by atoms with Gasteiger partial charge in [0.25, 0.3) is 0 Å². The van der Waals surface area contributed by atoms with Gasteiger partial charge in [-0.1, -0.05) is 0 Å². The van der Waals surface area contributed by atoms with Gasteiger partial charge in [0, 0.05) is 37.7 Å². The summed E-state index contributed by atoms with van der Waals surface area (Å²) in [5.41, 5.74) is 2.81. The van der Waals surface area contributed by atoms with Gasteiger partial charge in [0.1, 0.15) is 0 Å². The van der Waals surface area contributed by atoms with E-state index in [1.165, 1.54) is 0 Å². The van der Waals surface area contributed by atoms with E-state index in [4.69, 9.17) is 11.8 Å². The molecule has 0 heterocycles. The van der Waals surface area contributed by atoms with Crippen LogP contribution in [0.5, 0.6) is 0 Å². The van der Waals surface area contributed by atoms with Crippen molar-refractivity contribution in [2.24, 2.45) is 0 Å². The number of hydrogen-bond acceptors (Lipinski definition) is 1. The fourth-order valence-corrected chi connectivity index (χ4v) is 0. The molecule has 0 bridgehead atoms. The summed E-state index contributed by atoms with van der Waals surface area (Å²) in [6.07, 6.45) is 0. The summed E-state index contributed by atoms with van der Waals surface area (Å²) in [5.74, 6) is 0. The Balaban J connectivity index is -0.00000000500. The SMILES string of the molecule is [C-]#N.[CH2]=[Cu].[Li].[Li]. The van der Waals surface area contributed by atoms with E-state index in [1.807, 2.05) is 0 Å². The standard InChI is InChI=1S/CN.CH2.Cu.2Li/c1-2;;;;/h;1H2;;;/q-1;;;;. The zero-order valence-electron chi connectivity index (χ0n) is 3.96. The molecule has 0 saturated carbocycles. The zero-order chi connectivity index (χ0) is 4.00. The smallest absolute Gasteiger partial charge is 0 e. The molecule has 0 N–H and O–H groups in total. The third-order valence-electron chi connectivity index (χ3n) is 0. The van der Waals surface area contributed by atoms with Crippen LogP contribution in [0.1, 0.15) is 0 Å². The fourth-order valence-electron chi connectivity index (χ4n) is 0. The molecule has 0 aliphatic heterocycles. The Morgan fingerprint density at radius 1 is 1.17 bits per heavy atom. The van der Waals surface area contributed by atoms with Crippen LogP contribution < -0.4 is 0 Å². The van der Waals surface area contributed by atoms with Crippen LogP contribution >= 0.6 is 0 Å². The van der Waals surface area contributed by atoms with Gasteiger partial charge in [-0.3, -0.25) is 0 Å². The van der Waals surface area contributed by atoms with Crippen LogP contribution in [0.3, 0.4) is 0 Å². The molecule has 0 atom stereocenters. The first kappa shape index (κ1) is 27.6. The molecular formula is C2H2CuLi2N-. The summed E-state index contributed by atoms with van der Waals surface area (Å²) < 4.78 is 0. The van der Waals surface area contributed by atoms with E-state index in [0.717, 1.165) is 0 Å². The molecule has 0 rings (SSSR count). The zero-order valence-corrected chi connectivity index (χ0v) is 4.90. The predicted molar refractivity (Wildman–Crippen MR) is 23.6 cm³/mol. The molecule has 0 aromatic carbocycles. The van der Waals surface area contributed by atoms with Crippen molar-refractivity contribution in [3.05, 3.63) is 6.57 Å². The molecule has 1 nitrogen and oxygen atoms in total. The predicted octanol–water partition coefficient (Wildman–Crippen LogP) is -0.700. The molecule has 0 fully saturated rings. The van der Waals surface area contributed by atoms with Gasteiger partial charge < -0.3 is 11.8 Å². The summed E-state index contributed by atoms with van der Waals surface area (Å²) in [6, 6.07) is 0. The number of nitrogens with zero attached hydrogens (tertiary/aromatic N) is 1. The van der Waals surface area contributed by atoms with Crippen LogP contribution in [-0.4, -0.2) is 43.1 Å². The Bertz CT molecular complexity index is 22.8. The summed E-state index contributed by atoms with van der Waals surface area (Å²) in [5, 5.41) is 6.25. The Kier molecular flexibility index (Phi) is 624. The van der Waals surface area contributed by atoms with Gasteiger partial charge in [-0.15, -0.1) is 0 Å². The van der Waals surface area contributed by atoms with Crippen molar-refractivity contribution in [3.8, 4) is 0 Å². The normalized spacial score (nSPS) is 1.33. The summed E-state index contributed by atoms with van der Waals surface area (Å²) in [7, 11) is 0. The maximum absolute atomic E-state index is 6.25. The molecular weight excluding hydrogens is 115 g/mol. The molecule has 0 aliphatic carbocycles. The fraction of sp³-hybridized carbons (Fsp3) is 0. The molecule has 0 spiro atoms. The number of rotatable bonds is 0. The molecule has 4 heteroatoms. The molecule has 29 valence electrons. The van der Waals surface area contributed by atoms with E-state index in [0.29, 0.717) is 0 Å². The molecule has 0 amide bonds. The minimum Gasteiger partial charge on any atom is 0 e. The number of hydrogen-bond donors (Lipinski definition) is 0. The Hall–Kier alpha value is 1.07. The Labute approximate surface area is 70.2 Å². The van der Waals surface area contributed by atoms with E-state index < -0.39 is 0 Å². The first-order chi connectivity index (χ1) is 2.00. The second kappa shape index (κ2) is 136. The molecule has 6 heavy (non-hydrogen) atoms. The maximum Gasteiger partial charge on any atom is 0 e. The van der Waals surface area contributed by atoms with Crippen molar-refractivity contribution in [1.29, 1.82) is 5.26 Å². The van der Waals surface area contributed by atoms with Crippen LogP contribution in [0.4, 0.5) is 0 Å². The molecule has 0 unspecified atom stereocenters. The van der Waals surface area contributed by atoms with Crippen LogP contribution in [0, 0.1) is 11.8 Å². The Morgan fingerprint density at radius 2 is 1.17 bits per heavy atom. The first-order valence-electron chi connectivity index (χ1n) is 0.437. The van der Waals surface area contributed by atoms with Crippen molar-refractivity contribution in [3.63, 3.8) is 0 Å². The van der Waals surface area contributed by atoms with E-state index >= 15 is 0 Å². The van der Waals surface area contributed by atoms with E-state index in [2.05, 4.69) is 21.0 Å². The molecule has 0 aliphatic rings. The summed E-state index contributed by atoms with van der Waals surface area (Å²) in [6.45, 7) is 4.75. The van der Waals surface area contributed by atoms with E-state index in [-0.39, 0.29) is 37.7 Å². The summed E-state index contributed by atoms with van der Waals surface area (Å²) in [4.78, 5) is 0. The van der Waals surface area contributed by atoms with Gasteiger partial charge in [-0.05, 0) is 0 Å². The van der Waals surface area contributed by atoms with Gasteiger partial charge in [0.2, 0.25) is 0 Å². The maximum atomic E-state index is 6.25. The molecule has 0 aromatic heterocycles. The third kappa shape index (κ3) is 73.0. The monoisotopic (exact) mass is 117 g/mol. The van der Waals surface area contributed by atoms with Crippen molar-refractivity contribution >= 4 is 43.1 Å². The van der Waals surface area contributed by atoms with Crippen LogP contribution in [0.25, 0.3) is 0 Å². The van der Waals surface area contributed by atoms with Crippen molar-refractivity contribution in [2.75, 3.05) is 0 Å². The van der Waals surface area contributed by atoms with E-state index in [9.17, 15) is 0 Å². The minimum absolute atomic E-state index is 0. The Morgan fingerprint density at radius 3 is 1.17 bits per heavy atom. The average molecular weight is 117 g/mol. The molecule has 0 saturated heterocycles. The van der Waals surface area contributed by atoms with Crippen LogP contribution in [0.2, 0.25) is 0 Å². The average Bonchev–Trinajstić information content (AvgIpc) is 1.50. The van der Waals surface area contributed by atoms with Crippen molar-refractivity contribution in [1.82, 2.24) is 0 Å². The minimum atomic E-state index is 0. The van der Waals surface area contributed by atoms with E-state index in [1.54, 1.807) is 0 Å². The van der Waals surface area contributed by atoms with Gasteiger partial charge in [-0.2, -0.15) is 0 Å². The van der Waals surface area contributed by atoms with Crippen LogP contribution in [-0.2, 0) is 15.6 Å². The van der Waals surface area contributed by atoms with Gasteiger partial charge in [0.15, 0.2) is 0 Å². The molecule has 0 aromatic rings. The van der Waals surface area contributed by atoms with Crippen molar-refractivity contribution in [2.45, 2.75) is 0 Å². The third-order valence-corrected chi connectivity index (χ3v) is 0. The summed E-state index contributed by atoms with van der Waals surface area (Å²) >= 11 is 3.94. The van der Waals surface area contributed by atoms with Gasteiger partial charge in [-0.25, -0.2) is 0 Å². The molecule has 2 radical (unpaired) electrons. The van der Waals surface area contributed by atoms with Crippen molar-refractivity contribution < 1.29 is 15.6 Å². The van der Waals surface area contributed by atoms with Crippen LogP contribution in [0.15, 0.2) is 0 Å². The van der Waals surface area contributed by atoms with Gasteiger partial charge >= 0.3 is 21.0 Å². The largest absolute Gasteiger partial charge is 0 e.